The molecule has 0 radical (unpaired) electrons. The van der Waals surface area contributed by atoms with Gasteiger partial charge in [0, 0.05) is 16.9 Å². The van der Waals surface area contributed by atoms with Crippen molar-refractivity contribution in [1.82, 2.24) is 9.78 Å². The monoisotopic (exact) mass is 293 g/mol. The Bertz CT molecular complexity index is 523. The van der Waals surface area contributed by atoms with Gasteiger partial charge in [-0.15, -0.1) is 0 Å². The van der Waals surface area contributed by atoms with Crippen LogP contribution < -0.4 is 5.32 Å². The lowest BCUT2D eigenvalue weighted by Crippen LogP contribution is -2.19. The van der Waals surface area contributed by atoms with Crippen LogP contribution in [0, 0.1) is 6.92 Å². The van der Waals surface area contributed by atoms with Gasteiger partial charge in [-0.1, -0.05) is 12.1 Å². The summed E-state index contributed by atoms with van der Waals surface area (Å²) in [7, 11) is 0. The van der Waals surface area contributed by atoms with Crippen molar-refractivity contribution in [1.29, 1.82) is 0 Å². The number of hydrogen-bond donors (Lipinski definition) is 1. The van der Waals surface area contributed by atoms with Crippen molar-refractivity contribution in [2.24, 2.45) is 0 Å². The van der Waals surface area contributed by atoms with Crippen LogP contribution in [0.15, 0.2) is 41.1 Å². The molecular weight excluding hydrogens is 282 g/mol. The molecule has 0 aliphatic carbocycles. The van der Waals surface area contributed by atoms with Crippen molar-refractivity contribution in [2.45, 2.75) is 13.5 Å². The van der Waals surface area contributed by atoms with Gasteiger partial charge in [0.1, 0.15) is 6.54 Å². The van der Waals surface area contributed by atoms with Crippen LogP contribution >= 0.6 is 15.9 Å². The summed E-state index contributed by atoms with van der Waals surface area (Å²) < 4.78 is 2.49. The van der Waals surface area contributed by atoms with Crippen molar-refractivity contribution in [2.75, 3.05) is 5.32 Å². The molecule has 0 saturated heterocycles. The summed E-state index contributed by atoms with van der Waals surface area (Å²) in [5.41, 5.74) is 1.86. The zero-order chi connectivity index (χ0) is 12.3. The molecule has 0 fully saturated rings. The number of carbonyl (C=O) groups excluding carboxylic acids is 1. The Morgan fingerprint density at radius 1 is 1.47 bits per heavy atom. The molecule has 1 aromatic carbocycles. The average molecular weight is 294 g/mol. The molecule has 0 aliphatic heterocycles. The molecule has 1 heterocycles. The molecule has 2 rings (SSSR count). The zero-order valence-electron chi connectivity index (χ0n) is 9.35. The van der Waals surface area contributed by atoms with Crippen LogP contribution in [-0.4, -0.2) is 15.7 Å². The van der Waals surface area contributed by atoms with Crippen molar-refractivity contribution >= 4 is 27.5 Å². The quantitative estimate of drug-likeness (QED) is 0.945. The molecule has 2 aromatic rings. The van der Waals surface area contributed by atoms with E-state index in [9.17, 15) is 4.79 Å². The first-order valence-electron chi connectivity index (χ1n) is 5.19. The van der Waals surface area contributed by atoms with Crippen LogP contribution in [0.5, 0.6) is 0 Å². The van der Waals surface area contributed by atoms with Crippen LogP contribution in [0.1, 0.15) is 5.56 Å². The summed E-state index contributed by atoms with van der Waals surface area (Å²) in [5.74, 6) is -0.0972. The van der Waals surface area contributed by atoms with Gasteiger partial charge >= 0.3 is 0 Å². The van der Waals surface area contributed by atoms with Crippen LogP contribution in [0.3, 0.4) is 0 Å². The minimum atomic E-state index is -0.0972. The Balaban J connectivity index is 2.06. The first-order chi connectivity index (χ1) is 8.16. The van der Waals surface area contributed by atoms with E-state index in [1.54, 1.807) is 23.1 Å². The molecule has 5 heteroatoms. The number of nitrogens with zero attached hydrogens (tertiary/aromatic N) is 2. The van der Waals surface area contributed by atoms with Crippen molar-refractivity contribution in [3.8, 4) is 0 Å². The van der Waals surface area contributed by atoms with Gasteiger partial charge in [-0.25, -0.2) is 0 Å². The van der Waals surface area contributed by atoms with Crippen LogP contribution in [0.25, 0.3) is 0 Å². The molecule has 1 amide bonds. The van der Waals surface area contributed by atoms with Gasteiger partial charge in [-0.3, -0.25) is 9.48 Å². The number of aromatic nitrogens is 2. The highest BCUT2D eigenvalue weighted by molar-refractivity contribution is 9.10. The van der Waals surface area contributed by atoms with Gasteiger partial charge in [-0.2, -0.15) is 5.10 Å². The molecule has 0 bridgehead atoms. The van der Waals surface area contributed by atoms with E-state index in [0.717, 1.165) is 15.7 Å². The topological polar surface area (TPSA) is 46.9 Å². The number of rotatable bonds is 3. The predicted octanol–water partition coefficient (Wildman–Crippen LogP) is 2.59. The maximum Gasteiger partial charge on any atom is 0.246 e. The lowest BCUT2D eigenvalue weighted by atomic mass is 10.2. The standard InChI is InChI=1S/C12H12BrN3O/c1-9-4-2-5-10(12(9)13)15-11(17)8-16-7-3-6-14-16/h2-7H,8H2,1H3,(H,15,17). The van der Waals surface area contributed by atoms with Crippen molar-refractivity contribution in [3.05, 3.63) is 46.7 Å². The number of halogens is 1. The molecule has 0 atom stereocenters. The number of aryl methyl sites for hydroxylation is 1. The Morgan fingerprint density at radius 3 is 3.00 bits per heavy atom. The molecule has 17 heavy (non-hydrogen) atoms. The van der Waals surface area contributed by atoms with E-state index >= 15 is 0 Å². The maximum absolute atomic E-state index is 11.8. The Labute approximate surface area is 108 Å². The lowest BCUT2D eigenvalue weighted by Gasteiger charge is -2.09. The van der Waals surface area contributed by atoms with Gasteiger partial charge in [0.05, 0.1) is 5.69 Å². The third kappa shape index (κ3) is 2.94. The summed E-state index contributed by atoms with van der Waals surface area (Å²) >= 11 is 3.45. The summed E-state index contributed by atoms with van der Waals surface area (Å²) in [6.07, 6.45) is 3.40. The first-order valence-corrected chi connectivity index (χ1v) is 5.98. The van der Waals surface area contributed by atoms with E-state index in [1.165, 1.54) is 0 Å². The maximum atomic E-state index is 11.8. The SMILES string of the molecule is Cc1cccc(NC(=O)Cn2cccn2)c1Br. The molecule has 1 aromatic heterocycles. The van der Waals surface area contributed by atoms with Crippen LogP contribution in [0.4, 0.5) is 5.69 Å². The Morgan fingerprint density at radius 2 is 2.29 bits per heavy atom. The average Bonchev–Trinajstić information content (AvgIpc) is 2.77. The van der Waals surface area contributed by atoms with E-state index in [-0.39, 0.29) is 12.5 Å². The fourth-order valence-electron chi connectivity index (χ4n) is 1.47. The fourth-order valence-corrected chi connectivity index (χ4v) is 1.84. The van der Waals surface area contributed by atoms with E-state index in [2.05, 4.69) is 26.3 Å². The minimum Gasteiger partial charge on any atom is -0.323 e. The number of benzene rings is 1. The summed E-state index contributed by atoms with van der Waals surface area (Å²) in [6, 6.07) is 7.53. The second-order valence-electron chi connectivity index (χ2n) is 3.69. The van der Waals surface area contributed by atoms with Crippen LogP contribution in [0.2, 0.25) is 0 Å². The smallest absolute Gasteiger partial charge is 0.246 e. The van der Waals surface area contributed by atoms with Crippen LogP contribution in [-0.2, 0) is 11.3 Å². The van der Waals surface area contributed by atoms with Crippen molar-refractivity contribution < 1.29 is 4.79 Å². The lowest BCUT2D eigenvalue weighted by molar-refractivity contribution is -0.116. The number of nitrogens with one attached hydrogen (secondary N) is 1. The number of hydrogen-bond acceptors (Lipinski definition) is 2. The molecule has 0 saturated carbocycles. The highest BCUT2D eigenvalue weighted by Crippen LogP contribution is 2.25. The third-order valence-electron chi connectivity index (χ3n) is 2.33. The van der Waals surface area contributed by atoms with E-state index in [1.807, 2.05) is 25.1 Å². The fraction of sp³-hybridized carbons (Fsp3) is 0.167. The van der Waals surface area contributed by atoms with E-state index < -0.39 is 0 Å². The number of carbonyl (C=O) groups is 1. The van der Waals surface area contributed by atoms with Gasteiger partial charge in [0.15, 0.2) is 0 Å². The molecule has 4 nitrogen and oxygen atoms in total. The molecule has 0 unspecified atom stereocenters. The highest BCUT2D eigenvalue weighted by Gasteiger charge is 2.07. The minimum absolute atomic E-state index is 0.0972. The Hall–Kier alpha value is -1.62. The second kappa shape index (κ2) is 5.14. The van der Waals surface area contributed by atoms with E-state index in [4.69, 9.17) is 0 Å². The third-order valence-corrected chi connectivity index (χ3v) is 3.38. The summed E-state index contributed by atoms with van der Waals surface area (Å²) in [6.45, 7) is 2.20. The van der Waals surface area contributed by atoms with E-state index in [0.29, 0.717) is 0 Å². The number of anilines is 1. The normalized spacial score (nSPS) is 10.2. The summed E-state index contributed by atoms with van der Waals surface area (Å²) in [4.78, 5) is 11.8. The first kappa shape index (κ1) is 11.9. The van der Waals surface area contributed by atoms with Gasteiger partial charge < -0.3 is 5.32 Å². The van der Waals surface area contributed by atoms with Gasteiger partial charge in [0.25, 0.3) is 0 Å². The molecule has 0 spiro atoms. The second-order valence-corrected chi connectivity index (χ2v) is 4.48. The largest absolute Gasteiger partial charge is 0.323 e. The molecule has 88 valence electrons. The van der Waals surface area contributed by atoms with Gasteiger partial charge in [0.2, 0.25) is 5.91 Å². The number of amides is 1. The summed E-state index contributed by atoms with van der Waals surface area (Å²) in [5, 5.41) is 6.82. The molecular formula is C12H12BrN3O. The predicted molar refractivity (Wildman–Crippen MR) is 69.7 cm³/mol. The Kier molecular flexibility index (Phi) is 3.58. The molecule has 1 N–H and O–H groups in total. The highest BCUT2D eigenvalue weighted by atomic mass is 79.9. The zero-order valence-corrected chi connectivity index (χ0v) is 10.9. The van der Waals surface area contributed by atoms with Crippen molar-refractivity contribution in [3.63, 3.8) is 0 Å². The molecule has 0 aliphatic rings. The van der Waals surface area contributed by atoms with Gasteiger partial charge in [-0.05, 0) is 40.5 Å².